The number of hydrogen-bond acceptors (Lipinski definition) is 15. The molecule has 2 aliphatic rings. The number of nitrogens with zero attached hydrogens (tertiary/aromatic N) is 14. The van der Waals surface area contributed by atoms with Gasteiger partial charge in [-0.2, -0.15) is 41.5 Å². The van der Waals surface area contributed by atoms with Crippen LogP contribution in [0.3, 0.4) is 0 Å². The second-order valence-corrected chi connectivity index (χ2v) is 33.4. The van der Waals surface area contributed by atoms with Crippen LogP contribution in [-0.4, -0.2) is 93.8 Å². The molecule has 2 aliphatic heterocycles. The quantitative estimate of drug-likeness (QED) is 0.106. The number of cyclic esters (lactones) is 1. The van der Waals surface area contributed by atoms with Crippen molar-refractivity contribution in [1.82, 2.24) is 69.8 Å². The second kappa shape index (κ2) is 56.8. The van der Waals surface area contributed by atoms with Crippen LogP contribution in [0.25, 0.3) is 0 Å². The summed E-state index contributed by atoms with van der Waals surface area (Å²) in [6.45, 7) is 63.7. The molecular formula is C79H115N16O2Re9-9. The zero-order valence-corrected chi connectivity index (χ0v) is 92.5. The van der Waals surface area contributed by atoms with Crippen molar-refractivity contribution in [3.63, 3.8) is 0 Å². The van der Waals surface area contributed by atoms with E-state index in [1.165, 1.54) is 18.0 Å². The van der Waals surface area contributed by atoms with Crippen molar-refractivity contribution < 1.29 is 193 Å². The molecule has 10 rings (SSSR count). The van der Waals surface area contributed by atoms with Gasteiger partial charge in [-0.15, -0.1) is 66.9 Å². The Morgan fingerprint density at radius 3 is 1.29 bits per heavy atom. The van der Waals surface area contributed by atoms with Crippen molar-refractivity contribution in [2.45, 2.75) is 264 Å². The third-order valence-corrected chi connectivity index (χ3v) is 13.5. The summed E-state index contributed by atoms with van der Waals surface area (Å²) in [6, 6.07) is 15.2. The van der Waals surface area contributed by atoms with Crippen LogP contribution in [0.5, 0.6) is 0 Å². The topological polar surface area (TPSA) is 229 Å². The number of carbonyl (C=O) groups excluding carboxylic acids is 1. The Balaban J connectivity index is -0.000000140. The first-order valence-electron chi connectivity index (χ1n) is 32.7. The Hall–Kier alpha value is -2.32. The van der Waals surface area contributed by atoms with Crippen LogP contribution in [-0.2, 0) is 244 Å². The Morgan fingerprint density at radius 2 is 1.06 bits per heavy atom. The van der Waals surface area contributed by atoms with Crippen molar-refractivity contribution in [2.75, 3.05) is 0 Å². The van der Waals surface area contributed by atoms with Crippen molar-refractivity contribution in [1.29, 1.82) is 0 Å². The van der Waals surface area contributed by atoms with Gasteiger partial charge in [0.05, 0.1) is 0 Å². The second-order valence-electron chi connectivity index (χ2n) is 33.4. The fourth-order valence-corrected chi connectivity index (χ4v) is 6.94. The molecule has 0 aromatic carbocycles. The summed E-state index contributed by atoms with van der Waals surface area (Å²) < 4.78 is 6.75. The molecule has 0 bridgehead atoms. The van der Waals surface area contributed by atoms with E-state index in [0.717, 1.165) is 51.9 Å². The molecule has 0 spiro atoms. The Kier molecular flexibility index (Phi) is 65.4. The first kappa shape index (κ1) is 122. The molecule has 10 heterocycles. The van der Waals surface area contributed by atoms with Gasteiger partial charge >= 0.3 is 5.97 Å². The molecule has 106 heavy (non-hydrogen) atoms. The summed E-state index contributed by atoms with van der Waals surface area (Å²) in [7, 11) is 1.91. The summed E-state index contributed by atoms with van der Waals surface area (Å²) in [5.74, 6) is 0.620. The number of hydrogen-bond donors (Lipinski definition) is 2. The van der Waals surface area contributed by atoms with Gasteiger partial charge in [0.15, 0.2) is 0 Å². The van der Waals surface area contributed by atoms with Crippen LogP contribution in [0.4, 0.5) is 0 Å². The van der Waals surface area contributed by atoms with Crippen molar-refractivity contribution >= 4 is 17.9 Å². The van der Waals surface area contributed by atoms with E-state index in [1.54, 1.807) is 35.5 Å². The number of imidazole rings is 1. The number of rotatable bonds is 0. The number of ether oxygens (including phenoxy) is 1. The fourth-order valence-electron chi connectivity index (χ4n) is 6.94. The maximum absolute atomic E-state index is 10.6. The van der Waals surface area contributed by atoms with Gasteiger partial charge < -0.3 is 85.9 Å². The normalized spacial score (nSPS) is 12.5. The average Bonchev–Trinajstić information content (AvgIpc) is 1.68. The van der Waals surface area contributed by atoms with Crippen LogP contribution < -0.4 is 0 Å². The minimum atomic E-state index is -0.222. The third kappa shape index (κ3) is 55.2. The fraction of sp³-hybridized carbons (Fsp3) is 0.544. The Labute approximate surface area is 763 Å². The number of aryl methyl sites for hydroxylation is 1. The van der Waals surface area contributed by atoms with E-state index in [1.807, 2.05) is 88.8 Å². The first-order chi connectivity index (χ1) is 44.3. The van der Waals surface area contributed by atoms with Gasteiger partial charge in [-0.25, -0.2) is 9.90 Å². The number of pyridine rings is 2. The number of carbonyl (C=O) groups is 1. The van der Waals surface area contributed by atoms with Crippen LogP contribution >= 0.6 is 0 Å². The van der Waals surface area contributed by atoms with Gasteiger partial charge in [-0.05, 0) is 56.6 Å². The molecule has 8 aromatic heterocycles. The molecule has 18 nitrogen and oxygen atoms in total. The SMILES string of the molecule is CC(C)(C)C1=NN=[C-]C1.CC(C)(C)C1C=CC(=O)O1.CC(C)(C)c1[c-]n[nH]c1.CC(C)(C)c1c[c-]ncc1.CC(C)(C)c1c[c-]ncn1.CC(C)(C)c1ccc[c-]n1.CC(C)(C)c1ccn[c-]n1.CC(C)(C)c1cn[c-][nH]1.CC(C)(C)c1n[c-]ccn1.Cn1cc(C(C)(C)C)[c-]n1.[Re].[Re].[Re].[Re].[Re].[Re].[Re].[Re].[Re]. The van der Waals surface area contributed by atoms with Crippen LogP contribution in [0, 0.1) is 60.7 Å². The van der Waals surface area contributed by atoms with E-state index in [4.69, 9.17) is 4.74 Å². The molecule has 0 aliphatic carbocycles. The number of aromatic amines is 2. The largest absolute Gasteiger partial charge is 0.464 e. The van der Waals surface area contributed by atoms with E-state index in [2.05, 4.69) is 318 Å². The van der Waals surface area contributed by atoms with Gasteiger partial charge in [0.1, 0.15) is 6.10 Å². The van der Waals surface area contributed by atoms with Crippen LogP contribution in [0.1, 0.15) is 259 Å². The molecule has 1 atom stereocenters. The van der Waals surface area contributed by atoms with Crippen molar-refractivity contribution in [3.05, 3.63) is 199 Å². The molecule has 8 aromatic rings. The van der Waals surface area contributed by atoms with Gasteiger partial charge in [0, 0.05) is 220 Å². The summed E-state index contributed by atoms with van der Waals surface area (Å²) in [4.78, 5) is 49.0. The summed E-state index contributed by atoms with van der Waals surface area (Å²) in [5, 5.41) is 18.1. The van der Waals surface area contributed by atoms with Gasteiger partial charge in [0.2, 0.25) is 0 Å². The molecule has 27 heteroatoms. The molecule has 0 saturated carbocycles. The minimum absolute atomic E-state index is 0. The van der Waals surface area contributed by atoms with Crippen LogP contribution in [0.15, 0.2) is 114 Å². The van der Waals surface area contributed by atoms with Crippen molar-refractivity contribution in [3.8, 4) is 0 Å². The van der Waals surface area contributed by atoms with Crippen LogP contribution in [0.2, 0.25) is 0 Å². The molecule has 9 radical (unpaired) electrons. The Morgan fingerprint density at radius 1 is 0.509 bits per heavy atom. The number of esters is 1. The van der Waals surface area contributed by atoms with Crippen molar-refractivity contribution in [2.24, 2.45) is 28.1 Å². The molecule has 0 fully saturated rings. The molecule has 0 saturated heterocycles. The predicted molar refractivity (Wildman–Crippen MR) is 393 cm³/mol. The van der Waals surface area contributed by atoms with Gasteiger partial charge in [-0.3, -0.25) is 0 Å². The molecule has 1 unspecified atom stereocenters. The van der Waals surface area contributed by atoms with E-state index < -0.39 is 0 Å². The maximum atomic E-state index is 10.6. The van der Waals surface area contributed by atoms with E-state index in [0.29, 0.717) is 0 Å². The van der Waals surface area contributed by atoms with Gasteiger partial charge in [-0.1, -0.05) is 279 Å². The average molecular weight is 3000 g/mol. The monoisotopic (exact) mass is 3000 g/mol. The predicted octanol–water partition coefficient (Wildman–Crippen LogP) is 16.8. The molecular weight excluding hydrogens is 2880 g/mol. The van der Waals surface area contributed by atoms with E-state index in [9.17, 15) is 4.79 Å². The van der Waals surface area contributed by atoms with Gasteiger partial charge in [0.25, 0.3) is 0 Å². The number of aromatic nitrogens is 14. The summed E-state index contributed by atoms with van der Waals surface area (Å²) >= 11 is 0. The molecule has 0 amide bonds. The molecule has 595 valence electrons. The van der Waals surface area contributed by atoms with E-state index in [-0.39, 0.29) is 250 Å². The number of H-pyrrole nitrogens is 2. The molecule has 2 N–H and O–H groups in total. The summed E-state index contributed by atoms with van der Waals surface area (Å²) in [5.41, 5.74) is 10.3. The Bertz CT molecular complexity index is 3150. The third-order valence-electron chi connectivity index (χ3n) is 13.5. The zero-order chi connectivity index (χ0) is 74.3. The first-order valence-corrected chi connectivity index (χ1v) is 32.7. The summed E-state index contributed by atoms with van der Waals surface area (Å²) in [6.07, 6.45) is 41.5. The van der Waals surface area contributed by atoms with E-state index >= 15 is 0 Å². The maximum Gasteiger partial charge on any atom is 0.331 e. The number of nitrogens with one attached hydrogen (secondary N) is 2. The standard InChI is InChI=1S/2C9H12N.C8H13N2.3C8H11N2.C8H12O2.3C7H11N2.9Re/c1-9(2,3)8-4-6-10-7-5-8;1-9(2,3)8-6-4-5-7-10-8;1-8(2,3)7-5-9-10(4)6-7;2*1-8(2,3)7-4-5-9-6-10-7;1-8(2,3)7-9-5-4-6-10-7;1-8(2,3)6-4-5-7(9)10-6;1-7(2,3)6-4-8-5-9-6;1-7(2,3)6-4-8-9-5-6;1-7(2,3)6-4-5-8-9-6;;;;;;;;;/h2*4-6H,1-3H3;6H,1-4H3;4,6H,1-3H3;2*4-5H,1-3H3;4-6H,1-3H3;2*4H,1-3H3,(H,8,9);4H2,1-3H3;;;;;;;;;/q6*-1;;3*-1;;;;;;;;;. The smallest absolute Gasteiger partial charge is 0.331 e. The zero-order valence-electron chi connectivity index (χ0n) is 68.1. The minimum Gasteiger partial charge on any atom is -0.464 e.